The molecule has 136 valence electrons. The van der Waals surface area contributed by atoms with E-state index in [0.717, 1.165) is 16.3 Å². The van der Waals surface area contributed by atoms with Crippen molar-refractivity contribution in [1.29, 1.82) is 0 Å². The van der Waals surface area contributed by atoms with Crippen LogP contribution in [0, 0.1) is 0 Å². The highest BCUT2D eigenvalue weighted by atomic mass is 32.2. The minimum atomic E-state index is -0.958. The zero-order valence-corrected chi connectivity index (χ0v) is 16.1. The van der Waals surface area contributed by atoms with Crippen LogP contribution in [0.25, 0.3) is 0 Å². The number of carbonyl (C=O) groups is 2. The minimum Gasteiger partial charge on any atom is -0.497 e. The molecule has 0 spiro atoms. The van der Waals surface area contributed by atoms with E-state index in [9.17, 15) is 9.59 Å². The number of nitrogens with zero attached hydrogens (tertiary/aromatic N) is 1. The summed E-state index contributed by atoms with van der Waals surface area (Å²) >= 11 is 1.46. The predicted molar refractivity (Wildman–Crippen MR) is 105 cm³/mol. The number of amides is 2. The van der Waals surface area contributed by atoms with Crippen molar-refractivity contribution in [2.75, 3.05) is 17.3 Å². The van der Waals surface area contributed by atoms with Crippen molar-refractivity contribution in [1.82, 2.24) is 0 Å². The highest BCUT2D eigenvalue weighted by molar-refractivity contribution is 8.00. The standard InChI is InChI=1S/C20H22N2O3S/c1-13(26-15-11-9-14(25-4)10-12-15)18(23)22-17-8-6-5-7-16(17)21-19(24)20(22,2)3/h5-13H,1-4H3,(H,21,24)/t13-/m1/s1. The van der Waals surface area contributed by atoms with Gasteiger partial charge in [-0.25, -0.2) is 0 Å². The van der Waals surface area contributed by atoms with E-state index >= 15 is 0 Å². The minimum absolute atomic E-state index is 0.0990. The number of hydrogen-bond acceptors (Lipinski definition) is 4. The van der Waals surface area contributed by atoms with Crippen LogP contribution in [0.4, 0.5) is 11.4 Å². The number of ether oxygens (including phenoxy) is 1. The first kappa shape index (κ1) is 18.3. The smallest absolute Gasteiger partial charge is 0.250 e. The van der Waals surface area contributed by atoms with Gasteiger partial charge >= 0.3 is 0 Å². The van der Waals surface area contributed by atoms with Crippen LogP contribution >= 0.6 is 11.8 Å². The molecule has 5 nitrogen and oxygen atoms in total. The number of nitrogens with one attached hydrogen (secondary N) is 1. The van der Waals surface area contributed by atoms with Crippen molar-refractivity contribution in [2.45, 2.75) is 36.5 Å². The lowest BCUT2D eigenvalue weighted by Gasteiger charge is -2.43. The number of fused-ring (bicyclic) bond motifs is 1. The van der Waals surface area contributed by atoms with Gasteiger partial charge in [-0.1, -0.05) is 12.1 Å². The Bertz CT molecular complexity index is 833. The Balaban J connectivity index is 1.88. The molecule has 3 rings (SSSR count). The van der Waals surface area contributed by atoms with Crippen LogP contribution in [0.3, 0.4) is 0 Å². The molecule has 2 amide bonds. The van der Waals surface area contributed by atoms with Gasteiger partial charge in [0.1, 0.15) is 11.3 Å². The van der Waals surface area contributed by atoms with Gasteiger partial charge in [0.15, 0.2) is 0 Å². The monoisotopic (exact) mass is 370 g/mol. The van der Waals surface area contributed by atoms with E-state index in [1.165, 1.54) is 11.8 Å². The molecule has 1 aliphatic heterocycles. The maximum atomic E-state index is 13.2. The first-order chi connectivity index (χ1) is 12.3. The molecule has 26 heavy (non-hydrogen) atoms. The van der Waals surface area contributed by atoms with Crippen LogP contribution < -0.4 is 15.0 Å². The molecule has 1 N–H and O–H groups in total. The Morgan fingerprint density at radius 1 is 1.15 bits per heavy atom. The van der Waals surface area contributed by atoms with E-state index in [0.29, 0.717) is 5.69 Å². The van der Waals surface area contributed by atoms with Gasteiger partial charge < -0.3 is 10.1 Å². The molecule has 0 saturated carbocycles. The second-order valence-corrected chi connectivity index (χ2v) is 8.05. The number of methoxy groups -OCH3 is 1. The van der Waals surface area contributed by atoms with Gasteiger partial charge in [-0.2, -0.15) is 0 Å². The summed E-state index contributed by atoms with van der Waals surface area (Å²) in [5.74, 6) is 0.486. The Morgan fingerprint density at radius 2 is 1.81 bits per heavy atom. The van der Waals surface area contributed by atoms with Gasteiger partial charge in [-0.05, 0) is 57.2 Å². The van der Waals surface area contributed by atoms with E-state index in [1.807, 2.05) is 55.5 Å². The zero-order chi connectivity index (χ0) is 18.9. The fraction of sp³-hybridized carbons (Fsp3) is 0.300. The Labute approximate surface area is 157 Å². The maximum absolute atomic E-state index is 13.2. The quantitative estimate of drug-likeness (QED) is 0.828. The third kappa shape index (κ3) is 3.29. The van der Waals surface area contributed by atoms with Crippen molar-refractivity contribution in [2.24, 2.45) is 0 Å². The van der Waals surface area contributed by atoms with Gasteiger partial charge in [0.25, 0.3) is 0 Å². The lowest BCUT2D eigenvalue weighted by molar-refractivity contribution is -0.126. The maximum Gasteiger partial charge on any atom is 0.250 e. The van der Waals surface area contributed by atoms with Gasteiger partial charge in [0, 0.05) is 4.90 Å². The first-order valence-corrected chi connectivity index (χ1v) is 9.28. The molecule has 0 aliphatic carbocycles. The summed E-state index contributed by atoms with van der Waals surface area (Å²) < 4.78 is 5.17. The number of anilines is 2. The number of para-hydroxylation sites is 2. The molecule has 0 aromatic heterocycles. The lowest BCUT2D eigenvalue weighted by atomic mass is 9.96. The summed E-state index contributed by atoms with van der Waals surface area (Å²) in [6.07, 6.45) is 0. The van der Waals surface area contributed by atoms with Crippen LogP contribution in [0.2, 0.25) is 0 Å². The predicted octanol–water partition coefficient (Wildman–Crippen LogP) is 3.94. The first-order valence-electron chi connectivity index (χ1n) is 8.40. The number of rotatable bonds is 4. The van der Waals surface area contributed by atoms with Crippen LogP contribution in [-0.2, 0) is 9.59 Å². The highest BCUT2D eigenvalue weighted by Gasteiger charge is 2.44. The second kappa shape index (κ2) is 7.03. The van der Waals surface area contributed by atoms with Gasteiger partial charge in [-0.15, -0.1) is 11.8 Å². The summed E-state index contributed by atoms with van der Waals surface area (Å²) in [5, 5.41) is 2.54. The fourth-order valence-electron chi connectivity index (χ4n) is 2.94. The summed E-state index contributed by atoms with van der Waals surface area (Å²) in [6, 6.07) is 15.0. The molecular formula is C20H22N2O3S. The lowest BCUT2D eigenvalue weighted by Crippen LogP contribution is -2.60. The molecule has 1 aliphatic rings. The van der Waals surface area contributed by atoms with Crippen LogP contribution in [0.15, 0.2) is 53.4 Å². The van der Waals surface area contributed by atoms with Crippen LogP contribution in [0.5, 0.6) is 5.75 Å². The van der Waals surface area contributed by atoms with Crippen molar-refractivity contribution < 1.29 is 14.3 Å². The van der Waals surface area contributed by atoms with E-state index in [-0.39, 0.29) is 17.1 Å². The summed E-state index contributed by atoms with van der Waals surface area (Å²) in [4.78, 5) is 28.4. The second-order valence-electron chi connectivity index (χ2n) is 6.64. The topological polar surface area (TPSA) is 58.6 Å². The molecule has 1 atom stereocenters. The van der Waals surface area contributed by atoms with Crippen LogP contribution in [0.1, 0.15) is 20.8 Å². The largest absolute Gasteiger partial charge is 0.497 e. The van der Waals surface area contributed by atoms with E-state index in [4.69, 9.17) is 4.74 Å². The molecule has 0 saturated heterocycles. The molecule has 2 aromatic carbocycles. The van der Waals surface area contributed by atoms with Gasteiger partial charge in [0.05, 0.1) is 23.7 Å². The van der Waals surface area contributed by atoms with E-state index in [2.05, 4.69) is 5.32 Å². The molecule has 2 aromatic rings. The van der Waals surface area contributed by atoms with Gasteiger partial charge in [-0.3, -0.25) is 14.5 Å². The molecule has 0 radical (unpaired) electrons. The third-order valence-corrected chi connectivity index (χ3v) is 5.55. The van der Waals surface area contributed by atoms with Gasteiger partial charge in [0.2, 0.25) is 11.8 Å². The van der Waals surface area contributed by atoms with Crippen LogP contribution in [-0.4, -0.2) is 29.7 Å². The van der Waals surface area contributed by atoms with E-state index in [1.54, 1.807) is 25.9 Å². The van der Waals surface area contributed by atoms with E-state index < -0.39 is 5.54 Å². The third-order valence-electron chi connectivity index (χ3n) is 4.45. The number of carbonyl (C=O) groups excluding carboxylic acids is 2. The average Bonchev–Trinajstić information content (AvgIpc) is 2.62. The molecule has 0 fully saturated rings. The number of hydrogen-bond donors (Lipinski definition) is 1. The van der Waals surface area contributed by atoms with Crippen molar-refractivity contribution in [3.8, 4) is 5.75 Å². The van der Waals surface area contributed by atoms with Crippen molar-refractivity contribution >= 4 is 35.0 Å². The molecule has 1 heterocycles. The number of thioether (sulfide) groups is 1. The Kier molecular flexibility index (Phi) is 4.96. The summed E-state index contributed by atoms with van der Waals surface area (Å²) in [7, 11) is 1.62. The summed E-state index contributed by atoms with van der Waals surface area (Å²) in [6.45, 7) is 5.39. The Morgan fingerprint density at radius 3 is 2.46 bits per heavy atom. The zero-order valence-electron chi connectivity index (χ0n) is 15.3. The molecule has 0 unspecified atom stereocenters. The molecular weight excluding hydrogens is 348 g/mol. The highest BCUT2D eigenvalue weighted by Crippen LogP contribution is 2.38. The van der Waals surface area contributed by atoms with Crippen molar-refractivity contribution in [3.63, 3.8) is 0 Å². The summed E-state index contributed by atoms with van der Waals surface area (Å²) in [5.41, 5.74) is 0.427. The fourth-order valence-corrected chi connectivity index (χ4v) is 3.84. The molecule has 0 bridgehead atoms. The average molecular weight is 370 g/mol. The molecule has 6 heteroatoms. The Hall–Kier alpha value is -2.47. The normalized spacial score (nSPS) is 16.5. The SMILES string of the molecule is COc1ccc(S[C@H](C)C(=O)N2c3ccccc3NC(=O)C2(C)C)cc1. The number of benzene rings is 2. The van der Waals surface area contributed by atoms with Crippen molar-refractivity contribution in [3.05, 3.63) is 48.5 Å².